The standard InChI is InChI=1S/C15H26N2O/c1-17(13-6-3-7-13)15(18)12-8-10-4-2-5-11(9-12)14(10)16/h10-14H,2-9,16H2,1H3. The first-order chi connectivity index (χ1) is 8.66. The monoisotopic (exact) mass is 250 g/mol. The molecule has 2 N–H and O–H groups in total. The molecule has 3 heteroatoms. The van der Waals surface area contributed by atoms with E-state index in [4.69, 9.17) is 5.73 Å². The fourth-order valence-corrected chi connectivity index (χ4v) is 4.23. The van der Waals surface area contributed by atoms with Crippen LogP contribution in [0.2, 0.25) is 0 Å². The first-order valence-electron chi connectivity index (χ1n) is 7.69. The molecule has 3 rings (SSSR count). The molecule has 0 radical (unpaired) electrons. The van der Waals surface area contributed by atoms with Gasteiger partial charge in [0.05, 0.1) is 0 Å². The van der Waals surface area contributed by atoms with E-state index in [9.17, 15) is 4.79 Å². The molecule has 3 aliphatic rings. The van der Waals surface area contributed by atoms with E-state index >= 15 is 0 Å². The lowest BCUT2D eigenvalue weighted by Gasteiger charge is -2.45. The zero-order chi connectivity index (χ0) is 12.7. The predicted octanol–water partition coefficient (Wildman–Crippen LogP) is 2.15. The maximum absolute atomic E-state index is 12.6. The second-order valence-electron chi connectivity index (χ2n) is 6.73. The van der Waals surface area contributed by atoms with E-state index in [0.29, 0.717) is 29.8 Å². The van der Waals surface area contributed by atoms with Gasteiger partial charge in [0.25, 0.3) is 0 Å². The summed E-state index contributed by atoms with van der Waals surface area (Å²) in [6, 6.07) is 0.907. The van der Waals surface area contributed by atoms with Crippen LogP contribution in [-0.4, -0.2) is 29.9 Å². The van der Waals surface area contributed by atoms with Crippen molar-refractivity contribution >= 4 is 5.91 Å². The third-order valence-corrected chi connectivity index (χ3v) is 5.73. The maximum atomic E-state index is 12.6. The minimum atomic E-state index is 0.269. The summed E-state index contributed by atoms with van der Waals surface area (Å²) in [6.45, 7) is 0. The fourth-order valence-electron chi connectivity index (χ4n) is 4.23. The van der Waals surface area contributed by atoms with Crippen LogP contribution in [0.25, 0.3) is 0 Å². The van der Waals surface area contributed by atoms with Crippen LogP contribution in [0.3, 0.4) is 0 Å². The average molecular weight is 250 g/mol. The Balaban J connectivity index is 1.64. The highest BCUT2D eigenvalue weighted by Gasteiger charge is 2.42. The number of rotatable bonds is 2. The molecule has 18 heavy (non-hydrogen) atoms. The van der Waals surface area contributed by atoms with Crippen molar-refractivity contribution in [1.82, 2.24) is 4.90 Å². The zero-order valence-electron chi connectivity index (χ0n) is 11.5. The first kappa shape index (κ1) is 12.5. The fraction of sp³-hybridized carbons (Fsp3) is 0.933. The van der Waals surface area contributed by atoms with Gasteiger partial charge in [0, 0.05) is 25.0 Å². The van der Waals surface area contributed by atoms with Crippen molar-refractivity contribution < 1.29 is 4.79 Å². The summed E-state index contributed by atoms with van der Waals surface area (Å²) in [7, 11) is 2.01. The van der Waals surface area contributed by atoms with Gasteiger partial charge in [0.2, 0.25) is 5.91 Å². The molecule has 0 heterocycles. The Labute approximate surface area is 110 Å². The largest absolute Gasteiger partial charge is 0.343 e. The van der Waals surface area contributed by atoms with Crippen LogP contribution in [0.15, 0.2) is 0 Å². The first-order valence-corrected chi connectivity index (χ1v) is 7.69. The van der Waals surface area contributed by atoms with E-state index < -0.39 is 0 Å². The van der Waals surface area contributed by atoms with E-state index in [2.05, 4.69) is 0 Å². The van der Waals surface area contributed by atoms with Crippen LogP contribution in [0.5, 0.6) is 0 Å². The van der Waals surface area contributed by atoms with Crippen molar-refractivity contribution in [2.45, 2.75) is 63.5 Å². The van der Waals surface area contributed by atoms with Gasteiger partial charge in [-0.3, -0.25) is 4.79 Å². The SMILES string of the molecule is CN(C(=O)C1CC2CCCC(C1)C2N)C1CCC1. The van der Waals surface area contributed by atoms with Gasteiger partial charge < -0.3 is 10.6 Å². The van der Waals surface area contributed by atoms with Crippen LogP contribution in [0.4, 0.5) is 0 Å². The van der Waals surface area contributed by atoms with E-state index in [1.54, 1.807) is 0 Å². The molecule has 102 valence electrons. The smallest absolute Gasteiger partial charge is 0.225 e. The summed E-state index contributed by atoms with van der Waals surface area (Å²) in [5.41, 5.74) is 6.29. The van der Waals surface area contributed by atoms with Gasteiger partial charge in [0.1, 0.15) is 0 Å². The molecule has 2 unspecified atom stereocenters. The summed E-state index contributed by atoms with van der Waals surface area (Å²) in [5.74, 6) is 1.90. The Kier molecular flexibility index (Phi) is 3.35. The van der Waals surface area contributed by atoms with E-state index in [-0.39, 0.29) is 5.92 Å². The summed E-state index contributed by atoms with van der Waals surface area (Å²) in [6.07, 6.45) is 9.62. The Morgan fingerprint density at radius 2 is 1.61 bits per heavy atom. The highest BCUT2D eigenvalue weighted by molar-refractivity contribution is 5.79. The van der Waals surface area contributed by atoms with Crippen molar-refractivity contribution in [3.05, 3.63) is 0 Å². The van der Waals surface area contributed by atoms with Crippen LogP contribution < -0.4 is 5.73 Å². The minimum Gasteiger partial charge on any atom is -0.343 e. The van der Waals surface area contributed by atoms with E-state index in [0.717, 1.165) is 12.8 Å². The number of carbonyl (C=O) groups excluding carboxylic acids is 1. The van der Waals surface area contributed by atoms with Crippen molar-refractivity contribution in [2.24, 2.45) is 23.5 Å². The lowest BCUT2D eigenvalue weighted by Crippen LogP contribution is -2.51. The average Bonchev–Trinajstić information content (AvgIpc) is 2.25. The number of hydrogen-bond acceptors (Lipinski definition) is 2. The van der Waals surface area contributed by atoms with Gasteiger partial charge in [-0.05, 0) is 56.8 Å². The van der Waals surface area contributed by atoms with E-state index in [1.807, 2.05) is 11.9 Å². The zero-order valence-corrected chi connectivity index (χ0v) is 11.5. The lowest BCUT2D eigenvalue weighted by molar-refractivity contribution is -0.141. The molecule has 0 saturated heterocycles. The number of carbonyl (C=O) groups is 1. The molecule has 0 aromatic rings. The third-order valence-electron chi connectivity index (χ3n) is 5.73. The van der Waals surface area contributed by atoms with E-state index in [1.165, 1.54) is 38.5 Å². The molecule has 0 aliphatic heterocycles. The summed E-state index contributed by atoms with van der Waals surface area (Å²) in [4.78, 5) is 14.6. The number of amides is 1. The number of nitrogens with zero attached hydrogens (tertiary/aromatic N) is 1. The molecule has 3 nitrogen and oxygen atoms in total. The van der Waals surface area contributed by atoms with Crippen molar-refractivity contribution in [1.29, 1.82) is 0 Å². The van der Waals surface area contributed by atoms with Gasteiger partial charge >= 0.3 is 0 Å². The van der Waals surface area contributed by atoms with Crippen molar-refractivity contribution in [2.75, 3.05) is 7.05 Å². The van der Waals surface area contributed by atoms with Gasteiger partial charge in [-0.2, -0.15) is 0 Å². The van der Waals surface area contributed by atoms with Gasteiger partial charge in [-0.1, -0.05) is 6.42 Å². The number of hydrogen-bond donors (Lipinski definition) is 1. The molecule has 3 fully saturated rings. The molecular formula is C15H26N2O. The normalized spacial score (nSPS) is 40.1. The minimum absolute atomic E-state index is 0.269. The Morgan fingerprint density at radius 3 is 2.11 bits per heavy atom. The number of nitrogens with two attached hydrogens (primary N) is 1. The van der Waals surface area contributed by atoms with Gasteiger partial charge in [-0.25, -0.2) is 0 Å². The maximum Gasteiger partial charge on any atom is 0.225 e. The second kappa shape index (κ2) is 4.84. The lowest BCUT2D eigenvalue weighted by atomic mass is 9.64. The molecule has 1 amide bonds. The van der Waals surface area contributed by atoms with Crippen LogP contribution in [-0.2, 0) is 4.79 Å². The number of fused-ring (bicyclic) bond motifs is 2. The molecule has 2 atom stereocenters. The van der Waals surface area contributed by atoms with Gasteiger partial charge in [0.15, 0.2) is 0 Å². The van der Waals surface area contributed by atoms with Crippen molar-refractivity contribution in [3.8, 4) is 0 Å². The summed E-state index contributed by atoms with van der Waals surface area (Å²) < 4.78 is 0. The summed E-state index contributed by atoms with van der Waals surface area (Å²) in [5, 5.41) is 0. The Hall–Kier alpha value is -0.570. The molecule has 3 aliphatic carbocycles. The Morgan fingerprint density at radius 1 is 1.06 bits per heavy atom. The topological polar surface area (TPSA) is 46.3 Å². The second-order valence-corrected chi connectivity index (χ2v) is 6.73. The quantitative estimate of drug-likeness (QED) is 0.816. The van der Waals surface area contributed by atoms with Crippen LogP contribution >= 0.6 is 0 Å². The molecule has 0 spiro atoms. The molecule has 3 saturated carbocycles. The van der Waals surface area contributed by atoms with Crippen molar-refractivity contribution in [3.63, 3.8) is 0 Å². The highest BCUT2D eigenvalue weighted by Crippen LogP contribution is 2.42. The highest BCUT2D eigenvalue weighted by atomic mass is 16.2. The molecular weight excluding hydrogens is 224 g/mol. The molecule has 0 aromatic carbocycles. The summed E-state index contributed by atoms with van der Waals surface area (Å²) >= 11 is 0. The van der Waals surface area contributed by atoms with Gasteiger partial charge in [-0.15, -0.1) is 0 Å². The van der Waals surface area contributed by atoms with Crippen LogP contribution in [0, 0.1) is 17.8 Å². The van der Waals surface area contributed by atoms with Crippen LogP contribution in [0.1, 0.15) is 51.4 Å². The molecule has 2 bridgehead atoms. The molecule has 0 aromatic heterocycles. The Bertz CT molecular complexity index is 312. The predicted molar refractivity (Wildman–Crippen MR) is 71.9 cm³/mol. The third kappa shape index (κ3) is 2.07.